The van der Waals surface area contributed by atoms with Gasteiger partial charge >= 0.3 is 5.97 Å². The van der Waals surface area contributed by atoms with Crippen LogP contribution >= 0.6 is 0 Å². The van der Waals surface area contributed by atoms with Crippen molar-refractivity contribution in [1.82, 2.24) is 0 Å². The molecule has 0 spiro atoms. The van der Waals surface area contributed by atoms with E-state index in [1.165, 1.54) is 25.5 Å². The lowest BCUT2D eigenvalue weighted by Gasteiger charge is -2.09. The van der Waals surface area contributed by atoms with E-state index in [1.54, 1.807) is 0 Å². The highest BCUT2D eigenvalue weighted by molar-refractivity contribution is 6.17. The molecule has 2 heteroatoms. The number of carbonyl (C=O) groups is 1. The first-order valence-corrected chi connectivity index (χ1v) is 5.68. The van der Waals surface area contributed by atoms with Crippen molar-refractivity contribution < 1.29 is 9.53 Å². The molecule has 1 aliphatic rings. The van der Waals surface area contributed by atoms with Gasteiger partial charge in [0.15, 0.2) is 0 Å². The van der Waals surface area contributed by atoms with Crippen molar-refractivity contribution in [2.75, 3.05) is 7.11 Å². The van der Waals surface area contributed by atoms with Gasteiger partial charge in [-0.2, -0.15) is 0 Å². The van der Waals surface area contributed by atoms with Crippen LogP contribution in [0, 0.1) is 0 Å². The summed E-state index contributed by atoms with van der Waals surface area (Å²) in [5.74, 6) is -0.205. The van der Waals surface area contributed by atoms with E-state index in [-0.39, 0.29) is 5.97 Å². The molecule has 84 valence electrons. The Morgan fingerprint density at radius 1 is 1.12 bits per heavy atom. The predicted octanol–water partition coefficient (Wildman–Crippen LogP) is 3.19. The SMILES string of the molecule is COC(=O)C(=C1CCCC1)c1ccccc1. The Bertz CT molecular complexity index is 396. The molecule has 0 aromatic heterocycles. The number of rotatable bonds is 2. The smallest absolute Gasteiger partial charge is 0.338 e. The molecular weight excluding hydrogens is 200 g/mol. The molecular formula is C14H16O2. The number of ether oxygens (including phenoxy) is 1. The van der Waals surface area contributed by atoms with E-state index < -0.39 is 0 Å². The summed E-state index contributed by atoms with van der Waals surface area (Å²) in [5, 5.41) is 0. The van der Waals surface area contributed by atoms with Gasteiger partial charge in [-0.05, 0) is 31.2 Å². The summed E-state index contributed by atoms with van der Waals surface area (Å²) in [6, 6.07) is 9.80. The van der Waals surface area contributed by atoms with Gasteiger partial charge in [-0.3, -0.25) is 0 Å². The highest BCUT2D eigenvalue weighted by atomic mass is 16.5. The van der Waals surface area contributed by atoms with Gasteiger partial charge in [-0.1, -0.05) is 35.9 Å². The lowest BCUT2D eigenvalue weighted by molar-refractivity contribution is -0.133. The van der Waals surface area contributed by atoms with Crippen molar-refractivity contribution in [2.45, 2.75) is 25.7 Å². The lowest BCUT2D eigenvalue weighted by atomic mass is 9.99. The molecule has 0 N–H and O–H groups in total. The summed E-state index contributed by atoms with van der Waals surface area (Å²) in [4.78, 5) is 11.8. The summed E-state index contributed by atoms with van der Waals surface area (Å²) in [7, 11) is 1.45. The zero-order valence-corrected chi connectivity index (χ0v) is 9.53. The Hall–Kier alpha value is -1.57. The van der Waals surface area contributed by atoms with E-state index in [9.17, 15) is 4.79 Å². The number of hydrogen-bond donors (Lipinski definition) is 0. The van der Waals surface area contributed by atoms with Crippen LogP contribution in [0.1, 0.15) is 31.2 Å². The van der Waals surface area contributed by atoms with Gasteiger partial charge in [-0.25, -0.2) is 4.79 Å². The fourth-order valence-electron chi connectivity index (χ4n) is 2.22. The highest BCUT2D eigenvalue weighted by Crippen LogP contribution is 2.32. The third-order valence-electron chi connectivity index (χ3n) is 3.01. The Kier molecular flexibility index (Phi) is 3.40. The maximum absolute atomic E-state index is 11.8. The molecule has 1 aromatic rings. The zero-order valence-electron chi connectivity index (χ0n) is 9.53. The molecule has 0 bridgehead atoms. The average molecular weight is 216 g/mol. The van der Waals surface area contributed by atoms with E-state index in [1.807, 2.05) is 30.3 Å². The second-order valence-corrected chi connectivity index (χ2v) is 4.04. The van der Waals surface area contributed by atoms with Crippen molar-refractivity contribution in [3.8, 4) is 0 Å². The molecule has 2 nitrogen and oxygen atoms in total. The molecule has 0 atom stereocenters. The van der Waals surface area contributed by atoms with Gasteiger partial charge in [0.1, 0.15) is 0 Å². The van der Waals surface area contributed by atoms with Crippen LogP contribution in [-0.4, -0.2) is 13.1 Å². The predicted molar refractivity (Wildman–Crippen MR) is 63.8 cm³/mol. The fraction of sp³-hybridized carbons (Fsp3) is 0.357. The van der Waals surface area contributed by atoms with Crippen LogP contribution < -0.4 is 0 Å². The molecule has 1 aromatic carbocycles. The van der Waals surface area contributed by atoms with Gasteiger partial charge in [0.25, 0.3) is 0 Å². The number of carbonyl (C=O) groups excluding carboxylic acids is 1. The van der Waals surface area contributed by atoms with Crippen LogP contribution in [0.2, 0.25) is 0 Å². The first kappa shape index (κ1) is 10.9. The largest absolute Gasteiger partial charge is 0.465 e. The molecule has 1 fully saturated rings. The van der Waals surface area contributed by atoms with Gasteiger partial charge in [-0.15, -0.1) is 0 Å². The second-order valence-electron chi connectivity index (χ2n) is 4.04. The normalized spacial score (nSPS) is 14.9. The molecule has 0 saturated heterocycles. The van der Waals surface area contributed by atoms with Gasteiger partial charge in [0.05, 0.1) is 12.7 Å². The van der Waals surface area contributed by atoms with Crippen molar-refractivity contribution in [2.24, 2.45) is 0 Å². The van der Waals surface area contributed by atoms with E-state index >= 15 is 0 Å². The monoisotopic (exact) mass is 216 g/mol. The van der Waals surface area contributed by atoms with Crippen molar-refractivity contribution in [3.05, 3.63) is 41.5 Å². The molecule has 0 amide bonds. The number of methoxy groups -OCH3 is 1. The molecule has 1 saturated carbocycles. The number of benzene rings is 1. The Balaban J connectivity index is 2.43. The minimum Gasteiger partial charge on any atom is -0.465 e. The summed E-state index contributed by atoms with van der Waals surface area (Å²) in [5.41, 5.74) is 3.00. The van der Waals surface area contributed by atoms with E-state index in [2.05, 4.69) is 0 Å². The fourth-order valence-corrected chi connectivity index (χ4v) is 2.22. The van der Waals surface area contributed by atoms with Crippen LogP contribution in [0.3, 0.4) is 0 Å². The minimum absolute atomic E-state index is 0.205. The molecule has 0 unspecified atom stereocenters. The van der Waals surface area contributed by atoms with E-state index in [0.717, 1.165) is 24.0 Å². The van der Waals surface area contributed by atoms with Crippen LogP contribution in [0.15, 0.2) is 35.9 Å². The van der Waals surface area contributed by atoms with E-state index in [4.69, 9.17) is 4.74 Å². The van der Waals surface area contributed by atoms with Crippen molar-refractivity contribution >= 4 is 11.5 Å². The Morgan fingerprint density at radius 2 is 1.75 bits per heavy atom. The number of allylic oxidation sites excluding steroid dienone is 1. The summed E-state index contributed by atoms with van der Waals surface area (Å²) < 4.78 is 4.88. The zero-order chi connectivity index (χ0) is 11.4. The standard InChI is InChI=1S/C14H16O2/c1-16-14(15)13(12-9-5-6-10-12)11-7-3-2-4-8-11/h2-4,7-8H,5-6,9-10H2,1H3. The third kappa shape index (κ3) is 2.16. The summed E-state index contributed by atoms with van der Waals surface area (Å²) in [6.07, 6.45) is 4.42. The molecule has 1 aliphatic carbocycles. The van der Waals surface area contributed by atoms with Gasteiger partial charge in [0.2, 0.25) is 0 Å². The van der Waals surface area contributed by atoms with Crippen LogP contribution in [0.4, 0.5) is 0 Å². The first-order chi connectivity index (χ1) is 7.83. The number of esters is 1. The van der Waals surface area contributed by atoms with Gasteiger partial charge < -0.3 is 4.74 Å². The van der Waals surface area contributed by atoms with Crippen LogP contribution in [-0.2, 0) is 9.53 Å². The Labute approximate surface area is 95.9 Å². The van der Waals surface area contributed by atoms with Crippen molar-refractivity contribution in [3.63, 3.8) is 0 Å². The van der Waals surface area contributed by atoms with Crippen molar-refractivity contribution in [1.29, 1.82) is 0 Å². The van der Waals surface area contributed by atoms with E-state index in [0.29, 0.717) is 0 Å². The highest BCUT2D eigenvalue weighted by Gasteiger charge is 2.20. The quantitative estimate of drug-likeness (QED) is 0.560. The summed E-state index contributed by atoms with van der Waals surface area (Å²) in [6.45, 7) is 0. The third-order valence-corrected chi connectivity index (χ3v) is 3.01. The topological polar surface area (TPSA) is 26.3 Å². The molecule has 0 aliphatic heterocycles. The summed E-state index contributed by atoms with van der Waals surface area (Å²) >= 11 is 0. The lowest BCUT2D eigenvalue weighted by Crippen LogP contribution is -2.06. The molecule has 0 radical (unpaired) electrons. The second kappa shape index (κ2) is 4.97. The maximum atomic E-state index is 11.8. The average Bonchev–Trinajstić information content (AvgIpc) is 2.84. The Morgan fingerprint density at radius 3 is 2.31 bits per heavy atom. The number of hydrogen-bond acceptors (Lipinski definition) is 2. The first-order valence-electron chi connectivity index (χ1n) is 5.68. The van der Waals surface area contributed by atoms with Crippen LogP contribution in [0.25, 0.3) is 5.57 Å². The minimum atomic E-state index is -0.205. The molecule has 0 heterocycles. The maximum Gasteiger partial charge on any atom is 0.338 e. The van der Waals surface area contributed by atoms with Crippen LogP contribution in [0.5, 0.6) is 0 Å². The van der Waals surface area contributed by atoms with Gasteiger partial charge in [0, 0.05) is 0 Å². The molecule has 2 rings (SSSR count). The molecule has 16 heavy (non-hydrogen) atoms.